The van der Waals surface area contributed by atoms with Crippen molar-refractivity contribution in [2.75, 3.05) is 6.61 Å². The van der Waals surface area contributed by atoms with Crippen molar-refractivity contribution in [1.29, 1.82) is 0 Å². The molecule has 242 valence electrons. The van der Waals surface area contributed by atoms with E-state index in [1.54, 1.807) is 35.7 Å². The fraction of sp³-hybridized carbons (Fsp3) is 0.250. The highest BCUT2D eigenvalue weighted by Crippen LogP contribution is 2.47. The lowest BCUT2D eigenvalue weighted by molar-refractivity contribution is -0.137. The van der Waals surface area contributed by atoms with Gasteiger partial charge in [-0.2, -0.15) is 13.2 Å². The molecule has 5 rings (SSSR count). The fourth-order valence-electron chi connectivity index (χ4n) is 4.70. The molecule has 1 N–H and O–H groups in total. The zero-order chi connectivity index (χ0) is 33.4. The van der Waals surface area contributed by atoms with Gasteiger partial charge in [0.15, 0.2) is 5.78 Å². The van der Waals surface area contributed by atoms with Crippen LogP contribution < -0.4 is 10.1 Å². The lowest BCUT2D eigenvalue weighted by atomic mass is 10.0. The van der Waals surface area contributed by atoms with Gasteiger partial charge in [0.1, 0.15) is 23.5 Å². The van der Waals surface area contributed by atoms with Gasteiger partial charge in [-0.1, -0.05) is 79.7 Å². The summed E-state index contributed by atoms with van der Waals surface area (Å²) in [6, 6.07) is 25.5. The van der Waals surface area contributed by atoms with Gasteiger partial charge in [0.25, 0.3) is 0 Å². The van der Waals surface area contributed by atoms with E-state index < -0.39 is 17.6 Å². The second kappa shape index (κ2) is 15.9. The summed E-state index contributed by atoms with van der Waals surface area (Å²) in [6.07, 6.45) is -3.71. The van der Waals surface area contributed by atoms with Crippen molar-refractivity contribution in [1.82, 2.24) is 5.32 Å². The predicted octanol–water partition coefficient (Wildman–Crippen LogP) is 11.1. The number of allylic oxidation sites excluding steroid dienone is 1. The van der Waals surface area contributed by atoms with Gasteiger partial charge in [-0.25, -0.2) is 4.39 Å². The largest absolute Gasteiger partial charge is 0.486 e. The smallest absolute Gasteiger partial charge is 0.416 e. The Morgan fingerprint density at radius 1 is 0.957 bits per heavy atom. The zero-order valence-corrected chi connectivity index (χ0v) is 28.1. The predicted molar refractivity (Wildman–Crippen MR) is 182 cm³/mol. The molecule has 0 saturated carbocycles. The number of benzene rings is 4. The molecule has 4 aromatic rings. The molecule has 10 heteroatoms. The Hall–Kier alpha value is -3.40. The molecule has 0 radical (unpaired) electrons. The number of alkyl halides is 3. The molecule has 0 spiro atoms. The van der Waals surface area contributed by atoms with Crippen molar-refractivity contribution < 1.29 is 27.1 Å². The summed E-state index contributed by atoms with van der Waals surface area (Å²) in [7, 11) is 0. The minimum absolute atomic E-state index is 0.00889. The number of ether oxygens (including phenoxy) is 1. The van der Waals surface area contributed by atoms with E-state index in [0.717, 1.165) is 49.9 Å². The average Bonchev–Trinajstić information content (AvgIpc) is 3.44. The van der Waals surface area contributed by atoms with E-state index in [9.17, 15) is 22.4 Å². The Bertz CT molecular complexity index is 1660. The molecule has 0 fully saturated rings. The van der Waals surface area contributed by atoms with Crippen LogP contribution in [0, 0.1) is 5.82 Å². The Kier molecular flexibility index (Phi) is 12.3. The molecule has 0 aromatic heterocycles. The third-order valence-electron chi connectivity index (χ3n) is 6.97. The van der Waals surface area contributed by atoms with Crippen LogP contribution >= 0.6 is 35.1 Å². The number of Topliss-reactive ketones (excluding diaryl/α,β-unsaturated/α-hetero) is 1. The summed E-state index contributed by atoms with van der Waals surface area (Å²) in [6.45, 7) is 7.46. The highest BCUT2D eigenvalue weighted by atomic mass is 35.5. The molecule has 1 aliphatic heterocycles. The van der Waals surface area contributed by atoms with E-state index in [0.29, 0.717) is 12.2 Å². The van der Waals surface area contributed by atoms with Crippen LogP contribution in [-0.2, 0) is 17.4 Å². The summed E-state index contributed by atoms with van der Waals surface area (Å²) in [5.41, 5.74) is 3.86. The molecule has 1 heterocycles. The summed E-state index contributed by atoms with van der Waals surface area (Å²) < 4.78 is 58.5. The molecule has 3 nitrogen and oxygen atoms in total. The second-order valence-corrected chi connectivity index (χ2v) is 13.2. The third-order valence-corrected chi connectivity index (χ3v) is 10.1. The number of halogens is 5. The number of ketones is 1. The molecule has 4 aromatic carbocycles. The van der Waals surface area contributed by atoms with Crippen LogP contribution in [0.1, 0.15) is 49.8 Å². The number of carbonyl (C=O) groups excluding carboxylic acids is 1. The first-order valence-electron chi connectivity index (χ1n) is 14.7. The zero-order valence-electron chi connectivity index (χ0n) is 25.8. The van der Waals surface area contributed by atoms with Gasteiger partial charge in [0, 0.05) is 20.7 Å². The summed E-state index contributed by atoms with van der Waals surface area (Å²) >= 11 is 9.27. The average molecular weight is 688 g/mol. The maximum Gasteiger partial charge on any atom is 0.416 e. The molecule has 0 saturated heterocycles. The van der Waals surface area contributed by atoms with Crippen molar-refractivity contribution in [3.05, 3.63) is 129 Å². The second-order valence-electron chi connectivity index (χ2n) is 10.3. The number of nitrogens with one attached hydrogen (secondary N) is 1. The van der Waals surface area contributed by atoms with Gasteiger partial charge >= 0.3 is 6.18 Å². The molecule has 46 heavy (non-hydrogen) atoms. The first-order valence-corrected chi connectivity index (χ1v) is 16.8. The lowest BCUT2D eigenvalue weighted by Gasteiger charge is -2.20. The third kappa shape index (κ3) is 9.33. The quantitative estimate of drug-likeness (QED) is 0.133. The Morgan fingerprint density at radius 2 is 1.59 bits per heavy atom. The van der Waals surface area contributed by atoms with Crippen LogP contribution in [0.25, 0.3) is 11.1 Å². The number of carbonyl (C=O) groups is 1. The van der Waals surface area contributed by atoms with E-state index >= 15 is 0 Å². The van der Waals surface area contributed by atoms with Crippen LogP contribution in [0.15, 0.2) is 106 Å². The first-order chi connectivity index (χ1) is 22.0. The maximum atomic E-state index is 13.7. The van der Waals surface area contributed by atoms with Crippen LogP contribution in [0.4, 0.5) is 17.6 Å². The first kappa shape index (κ1) is 35.5. The molecule has 2 unspecified atom stereocenters. The van der Waals surface area contributed by atoms with Crippen LogP contribution in [-0.4, -0.2) is 17.6 Å². The van der Waals surface area contributed by atoms with Gasteiger partial charge in [0.2, 0.25) is 0 Å². The number of hydrogen-bond acceptors (Lipinski definition) is 5. The number of rotatable bonds is 10. The molecular formula is C36H34ClF4NO2S2. The van der Waals surface area contributed by atoms with E-state index in [4.69, 9.17) is 16.3 Å². The maximum absolute atomic E-state index is 13.7. The molecule has 2 atom stereocenters. The van der Waals surface area contributed by atoms with Gasteiger partial charge < -0.3 is 10.1 Å². The number of thioether (sulfide) groups is 2. The summed E-state index contributed by atoms with van der Waals surface area (Å²) in [5.74, 6) is 0.0753. The van der Waals surface area contributed by atoms with E-state index in [1.807, 2.05) is 69.3 Å². The SMILES string of the molecule is CC.CC(=O)COc1ccc(SC(Cc2ccc(-c3ccc(F)c(Cl)c3)cc2)C2=C(C)NC(c3ccc(C(F)(F)F)cc3)S2)cc1. The van der Waals surface area contributed by atoms with Crippen LogP contribution in [0.3, 0.4) is 0 Å². The van der Waals surface area contributed by atoms with Crippen LogP contribution in [0.5, 0.6) is 5.75 Å². The molecule has 0 aliphatic carbocycles. The van der Waals surface area contributed by atoms with Gasteiger partial charge in [-0.05, 0) is 91.1 Å². The van der Waals surface area contributed by atoms with Crippen molar-refractivity contribution in [3.63, 3.8) is 0 Å². The van der Waals surface area contributed by atoms with Crippen molar-refractivity contribution in [2.45, 2.75) is 55.8 Å². The van der Waals surface area contributed by atoms with Gasteiger partial charge in [0.05, 0.1) is 10.6 Å². The minimum Gasteiger partial charge on any atom is -0.486 e. The Labute approximate surface area is 280 Å². The van der Waals surface area contributed by atoms with Gasteiger partial charge in [-0.3, -0.25) is 4.79 Å². The topological polar surface area (TPSA) is 38.3 Å². The summed E-state index contributed by atoms with van der Waals surface area (Å²) in [5, 5.41) is 3.30. The van der Waals surface area contributed by atoms with E-state index in [2.05, 4.69) is 5.32 Å². The van der Waals surface area contributed by atoms with Gasteiger partial charge in [-0.15, -0.1) is 11.8 Å². The number of hydrogen-bond donors (Lipinski definition) is 1. The Morgan fingerprint density at radius 3 is 2.17 bits per heavy atom. The van der Waals surface area contributed by atoms with Crippen molar-refractivity contribution in [2.24, 2.45) is 0 Å². The van der Waals surface area contributed by atoms with E-state index in [1.165, 1.54) is 25.1 Å². The van der Waals surface area contributed by atoms with E-state index in [-0.39, 0.29) is 28.0 Å². The molecule has 0 amide bonds. The van der Waals surface area contributed by atoms with Crippen LogP contribution in [0.2, 0.25) is 5.02 Å². The van der Waals surface area contributed by atoms with Crippen molar-refractivity contribution in [3.8, 4) is 16.9 Å². The Balaban J connectivity index is 0.00000235. The fourth-order valence-corrected chi connectivity index (χ4v) is 7.63. The lowest BCUT2D eigenvalue weighted by Crippen LogP contribution is -2.12. The molecule has 1 aliphatic rings. The highest BCUT2D eigenvalue weighted by Gasteiger charge is 2.32. The van der Waals surface area contributed by atoms with Crippen molar-refractivity contribution >= 4 is 40.9 Å². The monoisotopic (exact) mass is 687 g/mol. The molecular weight excluding hydrogens is 654 g/mol. The molecule has 0 bridgehead atoms. The summed E-state index contributed by atoms with van der Waals surface area (Å²) in [4.78, 5) is 13.4. The normalized spacial score (nSPS) is 15.1. The minimum atomic E-state index is -4.39. The highest BCUT2D eigenvalue weighted by molar-refractivity contribution is 8.06. The standard InChI is InChI=1S/C34H28ClF4NO2S2.C2H6/c1-20(41)19-42-27-12-14-28(15-13-27)43-31(17-22-3-5-23(6-4-22)25-9-16-30(36)29(35)18-25)32-21(2)40-33(44-32)24-7-10-26(11-8-24)34(37,38)39;1-2/h3-16,18,31,33,40H,17,19H2,1-2H3;1-2H3.